The van der Waals surface area contributed by atoms with Crippen LogP contribution in [0.25, 0.3) is 0 Å². The first-order chi connectivity index (χ1) is 10.9. The van der Waals surface area contributed by atoms with E-state index in [-0.39, 0.29) is 0 Å². The fraction of sp³-hybridized carbons (Fsp3) is 0.400. The van der Waals surface area contributed by atoms with Crippen molar-refractivity contribution in [3.8, 4) is 0 Å². The molecule has 0 spiro atoms. The van der Waals surface area contributed by atoms with Gasteiger partial charge in [0.05, 0.1) is 19.8 Å². The van der Waals surface area contributed by atoms with Crippen LogP contribution in [0.4, 0.5) is 0 Å². The van der Waals surface area contributed by atoms with Crippen LogP contribution in [0.15, 0.2) is 54.6 Å². The predicted molar refractivity (Wildman–Crippen MR) is 88.9 cm³/mol. The van der Waals surface area contributed by atoms with E-state index in [0.29, 0.717) is 25.7 Å². The number of hydrogen-bond acceptors (Lipinski definition) is 2. The molecule has 2 nitrogen and oxygen atoms in total. The molecule has 1 atom stereocenters. The molecular formula is C20H24O2. The monoisotopic (exact) mass is 296 g/mol. The summed E-state index contributed by atoms with van der Waals surface area (Å²) in [7, 11) is 0. The van der Waals surface area contributed by atoms with Gasteiger partial charge in [-0.2, -0.15) is 0 Å². The summed E-state index contributed by atoms with van der Waals surface area (Å²) in [5, 5.41) is 0. The van der Waals surface area contributed by atoms with Gasteiger partial charge in [-0.05, 0) is 41.9 Å². The van der Waals surface area contributed by atoms with E-state index in [1.807, 2.05) is 18.2 Å². The summed E-state index contributed by atoms with van der Waals surface area (Å²) in [5.74, 6) is 0.657. The SMILES string of the molecule is c1ccc(COCCOCC2CCc3ccccc3C2)cc1. The van der Waals surface area contributed by atoms with Crippen molar-refractivity contribution in [3.05, 3.63) is 71.3 Å². The summed E-state index contributed by atoms with van der Waals surface area (Å²) in [4.78, 5) is 0. The summed E-state index contributed by atoms with van der Waals surface area (Å²) in [6, 6.07) is 19.1. The predicted octanol–water partition coefficient (Wildman–Crippen LogP) is 4.02. The van der Waals surface area contributed by atoms with Gasteiger partial charge in [0.2, 0.25) is 0 Å². The van der Waals surface area contributed by atoms with Crippen LogP contribution in [0, 0.1) is 5.92 Å². The lowest BCUT2D eigenvalue weighted by Crippen LogP contribution is -2.20. The van der Waals surface area contributed by atoms with Gasteiger partial charge in [-0.3, -0.25) is 0 Å². The number of rotatable bonds is 7. The summed E-state index contributed by atoms with van der Waals surface area (Å²) in [5.41, 5.74) is 4.24. The number of ether oxygens (including phenoxy) is 2. The summed E-state index contributed by atoms with van der Waals surface area (Å²) in [6.45, 7) is 2.87. The van der Waals surface area contributed by atoms with Gasteiger partial charge in [-0.1, -0.05) is 54.6 Å². The maximum Gasteiger partial charge on any atom is 0.0718 e. The number of aryl methyl sites for hydroxylation is 1. The van der Waals surface area contributed by atoms with Crippen molar-refractivity contribution in [2.24, 2.45) is 5.92 Å². The second-order valence-corrected chi connectivity index (χ2v) is 5.99. The molecular weight excluding hydrogens is 272 g/mol. The van der Waals surface area contributed by atoms with E-state index in [0.717, 1.165) is 13.0 Å². The van der Waals surface area contributed by atoms with Crippen molar-refractivity contribution >= 4 is 0 Å². The standard InChI is InChI=1S/C20H24O2/c1-2-6-17(7-3-1)15-21-12-13-22-16-18-10-11-19-8-4-5-9-20(19)14-18/h1-9,18H,10-16H2. The molecule has 116 valence electrons. The molecule has 2 aromatic rings. The van der Waals surface area contributed by atoms with Crippen molar-refractivity contribution in [2.45, 2.75) is 25.9 Å². The molecule has 1 aliphatic carbocycles. The molecule has 0 aliphatic heterocycles. The van der Waals surface area contributed by atoms with Crippen LogP contribution < -0.4 is 0 Å². The average molecular weight is 296 g/mol. The van der Waals surface area contributed by atoms with Crippen LogP contribution in [-0.4, -0.2) is 19.8 Å². The van der Waals surface area contributed by atoms with Gasteiger partial charge in [-0.15, -0.1) is 0 Å². The Morgan fingerprint density at radius 1 is 0.818 bits per heavy atom. The van der Waals surface area contributed by atoms with Crippen molar-refractivity contribution in [1.29, 1.82) is 0 Å². The Kier molecular flexibility index (Phi) is 5.63. The molecule has 22 heavy (non-hydrogen) atoms. The van der Waals surface area contributed by atoms with E-state index in [9.17, 15) is 0 Å². The first-order valence-corrected chi connectivity index (χ1v) is 8.18. The van der Waals surface area contributed by atoms with E-state index in [4.69, 9.17) is 9.47 Å². The lowest BCUT2D eigenvalue weighted by atomic mass is 9.84. The summed E-state index contributed by atoms with van der Waals surface area (Å²) >= 11 is 0. The van der Waals surface area contributed by atoms with Gasteiger partial charge >= 0.3 is 0 Å². The zero-order valence-electron chi connectivity index (χ0n) is 13.0. The average Bonchev–Trinajstić information content (AvgIpc) is 2.59. The van der Waals surface area contributed by atoms with Crippen molar-refractivity contribution in [3.63, 3.8) is 0 Å². The molecule has 2 aromatic carbocycles. The van der Waals surface area contributed by atoms with Crippen LogP contribution in [0.3, 0.4) is 0 Å². The Morgan fingerprint density at radius 2 is 1.55 bits per heavy atom. The Labute approximate surface area is 133 Å². The Hall–Kier alpha value is -1.64. The largest absolute Gasteiger partial charge is 0.379 e. The number of benzene rings is 2. The van der Waals surface area contributed by atoms with Gasteiger partial charge in [0.1, 0.15) is 0 Å². The van der Waals surface area contributed by atoms with Crippen LogP contribution in [-0.2, 0) is 28.9 Å². The van der Waals surface area contributed by atoms with Gasteiger partial charge in [0.15, 0.2) is 0 Å². The molecule has 0 amide bonds. The lowest BCUT2D eigenvalue weighted by molar-refractivity contribution is 0.0256. The number of hydrogen-bond donors (Lipinski definition) is 0. The normalized spacial score (nSPS) is 17.2. The molecule has 0 N–H and O–H groups in total. The Bertz CT molecular complexity index is 565. The molecule has 0 aromatic heterocycles. The minimum absolute atomic E-state index is 0.657. The molecule has 0 bridgehead atoms. The van der Waals surface area contributed by atoms with Crippen LogP contribution in [0.1, 0.15) is 23.1 Å². The smallest absolute Gasteiger partial charge is 0.0718 e. The van der Waals surface area contributed by atoms with E-state index in [1.165, 1.54) is 29.5 Å². The quantitative estimate of drug-likeness (QED) is 0.718. The molecule has 1 unspecified atom stereocenters. The molecule has 0 radical (unpaired) electrons. The summed E-state index contributed by atoms with van der Waals surface area (Å²) in [6.07, 6.45) is 3.58. The maximum atomic E-state index is 5.80. The highest BCUT2D eigenvalue weighted by Gasteiger charge is 2.17. The molecule has 0 heterocycles. The van der Waals surface area contributed by atoms with Crippen molar-refractivity contribution in [2.75, 3.05) is 19.8 Å². The second-order valence-electron chi connectivity index (χ2n) is 5.99. The van der Waals surface area contributed by atoms with Gasteiger partial charge in [0, 0.05) is 6.61 Å². The molecule has 2 heteroatoms. The van der Waals surface area contributed by atoms with Crippen LogP contribution >= 0.6 is 0 Å². The first kappa shape index (κ1) is 15.3. The number of fused-ring (bicyclic) bond motifs is 1. The minimum atomic E-state index is 0.657. The highest BCUT2D eigenvalue weighted by Crippen LogP contribution is 2.25. The zero-order valence-corrected chi connectivity index (χ0v) is 13.0. The van der Waals surface area contributed by atoms with Gasteiger partial charge < -0.3 is 9.47 Å². The van der Waals surface area contributed by atoms with Crippen LogP contribution in [0.2, 0.25) is 0 Å². The molecule has 0 saturated heterocycles. The summed E-state index contributed by atoms with van der Waals surface area (Å²) < 4.78 is 11.4. The Morgan fingerprint density at radius 3 is 2.41 bits per heavy atom. The third kappa shape index (κ3) is 4.43. The van der Waals surface area contributed by atoms with Crippen molar-refractivity contribution in [1.82, 2.24) is 0 Å². The maximum absolute atomic E-state index is 5.80. The highest BCUT2D eigenvalue weighted by atomic mass is 16.5. The van der Waals surface area contributed by atoms with E-state index < -0.39 is 0 Å². The fourth-order valence-corrected chi connectivity index (χ4v) is 3.05. The fourth-order valence-electron chi connectivity index (χ4n) is 3.05. The molecule has 1 aliphatic rings. The lowest BCUT2D eigenvalue weighted by Gasteiger charge is -2.24. The van der Waals surface area contributed by atoms with Crippen molar-refractivity contribution < 1.29 is 9.47 Å². The third-order valence-electron chi connectivity index (χ3n) is 4.29. The molecule has 0 saturated carbocycles. The van der Waals surface area contributed by atoms with Gasteiger partial charge in [0.25, 0.3) is 0 Å². The molecule has 3 rings (SSSR count). The van der Waals surface area contributed by atoms with E-state index in [2.05, 4.69) is 36.4 Å². The third-order valence-corrected chi connectivity index (χ3v) is 4.29. The zero-order chi connectivity index (χ0) is 15.0. The first-order valence-electron chi connectivity index (χ1n) is 8.18. The Balaban J connectivity index is 1.30. The van der Waals surface area contributed by atoms with Gasteiger partial charge in [-0.25, -0.2) is 0 Å². The van der Waals surface area contributed by atoms with E-state index >= 15 is 0 Å². The minimum Gasteiger partial charge on any atom is -0.379 e. The highest BCUT2D eigenvalue weighted by molar-refractivity contribution is 5.29. The van der Waals surface area contributed by atoms with E-state index in [1.54, 1.807) is 0 Å². The van der Waals surface area contributed by atoms with Crippen LogP contribution in [0.5, 0.6) is 0 Å². The second kappa shape index (κ2) is 8.11. The topological polar surface area (TPSA) is 18.5 Å². The molecule has 0 fully saturated rings.